The zero-order valence-corrected chi connectivity index (χ0v) is 13.7. The van der Waals surface area contributed by atoms with Gasteiger partial charge in [0, 0.05) is 18.9 Å². The smallest absolute Gasteiger partial charge is 0.341 e. The number of carboxylic acid groups (broad SMARTS) is 1. The first-order valence-corrected chi connectivity index (χ1v) is 7.71. The number of hydrogen-bond acceptors (Lipinski definition) is 4. The molecule has 3 rings (SSSR count). The van der Waals surface area contributed by atoms with E-state index >= 15 is 0 Å². The fourth-order valence-corrected chi connectivity index (χ4v) is 2.36. The number of ether oxygens (including phenoxy) is 1. The summed E-state index contributed by atoms with van der Waals surface area (Å²) in [6, 6.07) is 12.1. The fraction of sp³-hybridized carbons (Fsp3) is 0.0556. The van der Waals surface area contributed by atoms with Crippen molar-refractivity contribution in [2.45, 2.75) is 6.54 Å². The van der Waals surface area contributed by atoms with Gasteiger partial charge in [-0.15, -0.1) is 0 Å². The third-order valence-electron chi connectivity index (χ3n) is 3.40. The van der Waals surface area contributed by atoms with Crippen molar-refractivity contribution >= 4 is 17.6 Å². The Bertz CT molecular complexity index is 953. The van der Waals surface area contributed by atoms with E-state index in [0.29, 0.717) is 17.4 Å². The molecule has 3 aromatic rings. The van der Waals surface area contributed by atoms with Crippen LogP contribution in [0.3, 0.4) is 0 Å². The van der Waals surface area contributed by atoms with Gasteiger partial charge < -0.3 is 14.4 Å². The summed E-state index contributed by atoms with van der Waals surface area (Å²) in [7, 11) is 0. The number of nitrogens with zero attached hydrogens (tertiary/aromatic N) is 2. The lowest BCUT2D eigenvalue weighted by Crippen LogP contribution is -2.19. The summed E-state index contributed by atoms with van der Waals surface area (Å²) in [5.41, 5.74) is -0.243. The van der Waals surface area contributed by atoms with Gasteiger partial charge in [0.2, 0.25) is 5.43 Å². The molecule has 0 saturated heterocycles. The second-order valence-corrected chi connectivity index (χ2v) is 5.63. The van der Waals surface area contributed by atoms with Crippen LogP contribution in [0.4, 0.5) is 0 Å². The van der Waals surface area contributed by atoms with Crippen LogP contribution in [0, 0.1) is 0 Å². The Morgan fingerprint density at radius 2 is 1.92 bits per heavy atom. The van der Waals surface area contributed by atoms with Gasteiger partial charge in [-0.1, -0.05) is 35.9 Å². The molecule has 0 aliphatic carbocycles. The monoisotopic (exact) mass is 356 g/mol. The second-order valence-electron chi connectivity index (χ2n) is 5.25. The third kappa shape index (κ3) is 4.05. The Labute approximate surface area is 147 Å². The number of carboxylic acids is 1. The van der Waals surface area contributed by atoms with Crippen molar-refractivity contribution in [3.8, 4) is 11.5 Å². The SMILES string of the molecule is O=C(O)c1cn(Cc2ccc(Cl)nc2)cc(Oc2ccccc2)c1=O. The molecule has 1 aromatic carbocycles. The molecule has 0 fully saturated rings. The number of aromatic carboxylic acids is 1. The summed E-state index contributed by atoms with van der Waals surface area (Å²) in [5.74, 6) is -0.929. The number of aromatic nitrogens is 2. The summed E-state index contributed by atoms with van der Waals surface area (Å²) in [5, 5.41) is 9.65. The van der Waals surface area contributed by atoms with E-state index in [4.69, 9.17) is 16.3 Å². The average Bonchev–Trinajstić information content (AvgIpc) is 2.60. The lowest BCUT2D eigenvalue weighted by Gasteiger charge is -2.11. The van der Waals surface area contributed by atoms with Gasteiger partial charge >= 0.3 is 5.97 Å². The zero-order valence-electron chi connectivity index (χ0n) is 12.9. The summed E-state index contributed by atoms with van der Waals surface area (Å²) in [4.78, 5) is 27.7. The van der Waals surface area contributed by atoms with Gasteiger partial charge in [0.1, 0.15) is 16.5 Å². The summed E-state index contributed by atoms with van der Waals surface area (Å²) >= 11 is 5.76. The van der Waals surface area contributed by atoms with Crippen LogP contribution in [0.15, 0.2) is 65.8 Å². The predicted octanol–water partition coefficient (Wildman–Crippen LogP) is 3.44. The van der Waals surface area contributed by atoms with Gasteiger partial charge in [0.15, 0.2) is 5.75 Å². The second kappa shape index (κ2) is 7.19. The number of para-hydroxylation sites is 1. The van der Waals surface area contributed by atoms with E-state index in [1.165, 1.54) is 12.4 Å². The average molecular weight is 357 g/mol. The largest absolute Gasteiger partial charge is 0.477 e. The molecule has 0 aliphatic heterocycles. The molecule has 0 aliphatic rings. The molecule has 25 heavy (non-hydrogen) atoms. The molecule has 0 unspecified atom stereocenters. The van der Waals surface area contributed by atoms with Crippen molar-refractivity contribution in [2.75, 3.05) is 0 Å². The number of halogens is 1. The summed E-state index contributed by atoms with van der Waals surface area (Å²) in [6.07, 6.45) is 4.33. The molecular formula is C18H13ClN2O4. The van der Waals surface area contributed by atoms with Crippen molar-refractivity contribution in [1.82, 2.24) is 9.55 Å². The molecule has 2 heterocycles. The van der Waals surface area contributed by atoms with Crippen LogP contribution in [-0.2, 0) is 6.54 Å². The molecule has 7 heteroatoms. The number of rotatable bonds is 5. The molecule has 1 N–H and O–H groups in total. The lowest BCUT2D eigenvalue weighted by atomic mass is 10.2. The van der Waals surface area contributed by atoms with Crippen molar-refractivity contribution < 1.29 is 14.6 Å². The van der Waals surface area contributed by atoms with Gasteiger partial charge in [-0.25, -0.2) is 9.78 Å². The van der Waals surface area contributed by atoms with Gasteiger partial charge in [-0.05, 0) is 23.8 Å². The standard InChI is InChI=1S/C18H13ClN2O4/c19-16-7-6-12(8-20-16)9-21-10-14(18(23)24)17(22)15(11-21)25-13-4-2-1-3-5-13/h1-8,10-11H,9H2,(H,23,24). The van der Waals surface area contributed by atoms with Crippen LogP contribution in [0.5, 0.6) is 11.5 Å². The van der Waals surface area contributed by atoms with Crippen LogP contribution >= 0.6 is 11.6 Å². The minimum Gasteiger partial charge on any atom is -0.477 e. The maximum atomic E-state index is 12.3. The zero-order chi connectivity index (χ0) is 17.8. The molecular weight excluding hydrogens is 344 g/mol. The normalized spacial score (nSPS) is 10.4. The first-order chi connectivity index (χ1) is 12.0. The van der Waals surface area contributed by atoms with Gasteiger partial charge in [-0.2, -0.15) is 0 Å². The maximum absolute atomic E-state index is 12.3. The number of benzene rings is 1. The Kier molecular flexibility index (Phi) is 4.81. The molecule has 0 spiro atoms. The minimum atomic E-state index is -1.31. The molecule has 0 bridgehead atoms. The Balaban J connectivity index is 1.99. The first-order valence-electron chi connectivity index (χ1n) is 7.33. The van der Waals surface area contributed by atoms with Crippen LogP contribution in [0.1, 0.15) is 15.9 Å². The van der Waals surface area contributed by atoms with Crippen molar-refractivity contribution in [2.24, 2.45) is 0 Å². The predicted molar refractivity (Wildman–Crippen MR) is 92.5 cm³/mol. The Morgan fingerprint density at radius 3 is 2.56 bits per heavy atom. The van der Waals surface area contributed by atoms with E-state index < -0.39 is 11.4 Å². The highest BCUT2D eigenvalue weighted by Crippen LogP contribution is 2.18. The first kappa shape index (κ1) is 16.7. The molecule has 2 aromatic heterocycles. The highest BCUT2D eigenvalue weighted by Gasteiger charge is 2.15. The number of hydrogen-bond donors (Lipinski definition) is 1. The van der Waals surface area contributed by atoms with Crippen LogP contribution in [-0.4, -0.2) is 20.6 Å². The van der Waals surface area contributed by atoms with E-state index in [1.807, 2.05) is 6.07 Å². The molecule has 0 amide bonds. The molecule has 6 nitrogen and oxygen atoms in total. The van der Waals surface area contributed by atoms with E-state index in [1.54, 1.807) is 47.2 Å². The lowest BCUT2D eigenvalue weighted by molar-refractivity contribution is 0.0694. The molecule has 0 radical (unpaired) electrons. The highest BCUT2D eigenvalue weighted by molar-refractivity contribution is 6.29. The highest BCUT2D eigenvalue weighted by atomic mass is 35.5. The number of pyridine rings is 2. The Morgan fingerprint density at radius 1 is 1.16 bits per heavy atom. The van der Waals surface area contributed by atoms with Crippen LogP contribution in [0.2, 0.25) is 5.15 Å². The third-order valence-corrected chi connectivity index (χ3v) is 3.63. The van der Waals surface area contributed by atoms with Gasteiger partial charge in [0.05, 0.1) is 6.20 Å². The molecule has 0 saturated carbocycles. The van der Waals surface area contributed by atoms with Crippen molar-refractivity contribution in [1.29, 1.82) is 0 Å². The topological polar surface area (TPSA) is 81.4 Å². The summed E-state index contributed by atoms with van der Waals surface area (Å²) in [6.45, 7) is 0.315. The van der Waals surface area contributed by atoms with Gasteiger partial charge in [-0.3, -0.25) is 4.79 Å². The van der Waals surface area contributed by atoms with E-state index in [2.05, 4.69) is 4.98 Å². The van der Waals surface area contributed by atoms with Crippen LogP contribution in [0.25, 0.3) is 0 Å². The van der Waals surface area contributed by atoms with Gasteiger partial charge in [0.25, 0.3) is 0 Å². The molecule has 126 valence electrons. The Hall–Kier alpha value is -3.12. The number of carbonyl (C=O) groups is 1. The molecule has 0 atom stereocenters. The van der Waals surface area contributed by atoms with Crippen LogP contribution < -0.4 is 10.2 Å². The quantitative estimate of drug-likeness (QED) is 0.708. The van der Waals surface area contributed by atoms with Crippen molar-refractivity contribution in [3.63, 3.8) is 0 Å². The van der Waals surface area contributed by atoms with Crippen molar-refractivity contribution in [3.05, 3.63) is 87.6 Å². The van der Waals surface area contributed by atoms with E-state index in [9.17, 15) is 14.7 Å². The maximum Gasteiger partial charge on any atom is 0.341 e. The van der Waals surface area contributed by atoms with E-state index in [0.717, 1.165) is 5.56 Å². The summed E-state index contributed by atoms with van der Waals surface area (Å²) < 4.78 is 7.13. The van der Waals surface area contributed by atoms with E-state index in [-0.39, 0.29) is 11.3 Å². The minimum absolute atomic E-state index is 0.0620. The fourth-order valence-electron chi connectivity index (χ4n) is 2.25.